The number of benzene rings is 1. The molecule has 0 bridgehead atoms. The highest BCUT2D eigenvalue weighted by atomic mass is 15.0. The van der Waals surface area contributed by atoms with E-state index in [4.69, 9.17) is 0 Å². The van der Waals surface area contributed by atoms with Crippen molar-refractivity contribution in [2.24, 2.45) is 5.41 Å². The molecule has 0 N–H and O–H groups in total. The van der Waals surface area contributed by atoms with Gasteiger partial charge in [-0.2, -0.15) is 0 Å². The maximum Gasteiger partial charge on any atom is 0.0227 e. The zero-order chi connectivity index (χ0) is 13.1. The number of hydrogen-bond donors (Lipinski definition) is 0. The fourth-order valence-corrected chi connectivity index (χ4v) is 2.57. The van der Waals surface area contributed by atoms with Crippen molar-refractivity contribution in [3.8, 4) is 0 Å². The van der Waals surface area contributed by atoms with Gasteiger partial charge in [0, 0.05) is 6.54 Å². The van der Waals surface area contributed by atoms with Gasteiger partial charge in [-0.05, 0) is 43.0 Å². The molecule has 0 aromatic heterocycles. The molecule has 17 heavy (non-hydrogen) atoms. The molecular formula is C16H27N. The molecule has 96 valence electrons. The van der Waals surface area contributed by atoms with Crippen LogP contribution in [0.1, 0.15) is 51.2 Å². The smallest absolute Gasteiger partial charge is 0.0227 e. The minimum atomic E-state index is 0.345. The van der Waals surface area contributed by atoms with Crippen LogP contribution in [0, 0.1) is 5.41 Å². The summed E-state index contributed by atoms with van der Waals surface area (Å²) in [6.45, 7) is 10.3. The molecule has 0 amide bonds. The molecule has 0 fully saturated rings. The highest BCUT2D eigenvalue weighted by molar-refractivity contribution is 5.26. The van der Waals surface area contributed by atoms with E-state index in [1.54, 1.807) is 0 Å². The van der Waals surface area contributed by atoms with Crippen molar-refractivity contribution in [2.75, 3.05) is 14.1 Å². The number of hydrogen-bond acceptors (Lipinski definition) is 1. The Morgan fingerprint density at radius 2 is 1.59 bits per heavy atom. The van der Waals surface area contributed by atoms with Gasteiger partial charge >= 0.3 is 0 Å². The van der Waals surface area contributed by atoms with Crippen LogP contribution in [0.4, 0.5) is 0 Å². The Morgan fingerprint density at radius 1 is 1.06 bits per heavy atom. The van der Waals surface area contributed by atoms with E-state index >= 15 is 0 Å². The molecular weight excluding hydrogens is 206 g/mol. The Balaban J connectivity index is 2.86. The first-order chi connectivity index (χ1) is 7.84. The van der Waals surface area contributed by atoms with Crippen molar-refractivity contribution in [1.82, 2.24) is 4.90 Å². The minimum Gasteiger partial charge on any atom is -0.305 e. The molecule has 0 aliphatic carbocycles. The van der Waals surface area contributed by atoms with Gasteiger partial charge in [-0.15, -0.1) is 0 Å². The molecule has 0 heterocycles. The van der Waals surface area contributed by atoms with Crippen molar-refractivity contribution in [3.63, 3.8) is 0 Å². The first-order valence-corrected chi connectivity index (χ1v) is 6.58. The predicted molar refractivity (Wildman–Crippen MR) is 76.3 cm³/mol. The fraction of sp³-hybridized carbons (Fsp3) is 0.625. The first kappa shape index (κ1) is 14.2. The minimum absolute atomic E-state index is 0.345. The summed E-state index contributed by atoms with van der Waals surface area (Å²) in [5, 5.41) is 0. The van der Waals surface area contributed by atoms with Gasteiger partial charge < -0.3 is 4.90 Å². The first-order valence-electron chi connectivity index (χ1n) is 6.58. The van der Waals surface area contributed by atoms with E-state index in [-0.39, 0.29) is 0 Å². The van der Waals surface area contributed by atoms with E-state index in [2.05, 4.69) is 71.0 Å². The lowest BCUT2D eigenvalue weighted by molar-refractivity contribution is 0.312. The van der Waals surface area contributed by atoms with Gasteiger partial charge in [0.2, 0.25) is 0 Å². The van der Waals surface area contributed by atoms with Gasteiger partial charge in [0.15, 0.2) is 0 Å². The largest absolute Gasteiger partial charge is 0.305 e. The van der Waals surface area contributed by atoms with Crippen LogP contribution in [-0.2, 0) is 6.54 Å². The van der Waals surface area contributed by atoms with Crippen molar-refractivity contribution >= 4 is 0 Å². The number of rotatable bonds is 4. The molecule has 0 saturated heterocycles. The summed E-state index contributed by atoms with van der Waals surface area (Å²) >= 11 is 0. The zero-order valence-electron chi connectivity index (χ0n) is 12.2. The molecule has 1 rings (SSSR count). The second-order valence-electron chi connectivity index (χ2n) is 6.31. The third-order valence-electron chi connectivity index (χ3n) is 3.33. The van der Waals surface area contributed by atoms with Crippen molar-refractivity contribution in [1.29, 1.82) is 0 Å². The Kier molecular flexibility index (Phi) is 4.76. The lowest BCUT2D eigenvalue weighted by Gasteiger charge is -2.30. The predicted octanol–water partition coefficient (Wildman–Crippen LogP) is 4.29. The molecule has 1 unspecified atom stereocenters. The maximum absolute atomic E-state index is 2.33. The molecule has 0 aliphatic rings. The summed E-state index contributed by atoms with van der Waals surface area (Å²) in [6.07, 6.45) is 1.20. The molecule has 1 atom stereocenters. The normalized spacial score (nSPS) is 14.1. The molecule has 0 saturated carbocycles. The summed E-state index contributed by atoms with van der Waals surface area (Å²) in [6, 6.07) is 9.14. The molecule has 0 spiro atoms. The van der Waals surface area contributed by atoms with Gasteiger partial charge in [0.25, 0.3) is 0 Å². The van der Waals surface area contributed by atoms with Gasteiger partial charge in [0.1, 0.15) is 0 Å². The van der Waals surface area contributed by atoms with Crippen LogP contribution in [-0.4, -0.2) is 19.0 Å². The summed E-state index contributed by atoms with van der Waals surface area (Å²) in [7, 11) is 4.22. The highest BCUT2D eigenvalue weighted by Gasteiger charge is 2.24. The van der Waals surface area contributed by atoms with Crippen molar-refractivity contribution in [3.05, 3.63) is 35.4 Å². The quantitative estimate of drug-likeness (QED) is 0.750. The maximum atomic E-state index is 2.33. The van der Waals surface area contributed by atoms with Gasteiger partial charge in [-0.1, -0.05) is 52.0 Å². The third-order valence-corrected chi connectivity index (χ3v) is 3.33. The second-order valence-corrected chi connectivity index (χ2v) is 6.31. The van der Waals surface area contributed by atoms with Gasteiger partial charge in [0.05, 0.1) is 0 Å². The Hall–Kier alpha value is -0.820. The number of nitrogens with zero attached hydrogens (tertiary/aromatic N) is 1. The van der Waals surface area contributed by atoms with E-state index in [0.29, 0.717) is 11.3 Å². The molecule has 1 heteroatoms. The van der Waals surface area contributed by atoms with Crippen LogP contribution in [0.2, 0.25) is 0 Å². The average Bonchev–Trinajstić information content (AvgIpc) is 2.18. The van der Waals surface area contributed by atoms with Crippen LogP contribution >= 0.6 is 0 Å². The topological polar surface area (TPSA) is 3.24 Å². The molecule has 0 radical (unpaired) electrons. The van der Waals surface area contributed by atoms with Crippen molar-refractivity contribution in [2.45, 2.75) is 46.6 Å². The van der Waals surface area contributed by atoms with Crippen LogP contribution in [0.15, 0.2) is 24.3 Å². The standard InChI is InChI=1S/C16H27N/c1-7-15(16(2,3)4)14-10-8-13(9-11-14)12-17(5)6/h8-11,15H,7,12H2,1-6H3. The lowest BCUT2D eigenvalue weighted by atomic mass is 9.75. The molecule has 1 aromatic rings. The van der Waals surface area contributed by atoms with E-state index < -0.39 is 0 Å². The molecule has 0 aliphatic heterocycles. The van der Waals surface area contributed by atoms with Crippen LogP contribution in [0.3, 0.4) is 0 Å². The highest BCUT2D eigenvalue weighted by Crippen LogP contribution is 2.37. The monoisotopic (exact) mass is 233 g/mol. The van der Waals surface area contributed by atoms with E-state index in [0.717, 1.165) is 6.54 Å². The summed E-state index contributed by atoms with van der Waals surface area (Å²) in [5.74, 6) is 0.649. The van der Waals surface area contributed by atoms with Gasteiger partial charge in [-0.3, -0.25) is 0 Å². The SMILES string of the molecule is CCC(c1ccc(CN(C)C)cc1)C(C)(C)C. The lowest BCUT2D eigenvalue weighted by Crippen LogP contribution is -2.18. The Morgan fingerprint density at radius 3 is 1.94 bits per heavy atom. The van der Waals surface area contributed by atoms with E-state index in [9.17, 15) is 0 Å². The van der Waals surface area contributed by atoms with E-state index in [1.807, 2.05) is 0 Å². The summed E-state index contributed by atoms with van der Waals surface area (Å²) in [4.78, 5) is 2.20. The van der Waals surface area contributed by atoms with Crippen molar-refractivity contribution < 1.29 is 0 Å². The Bertz CT molecular complexity index is 330. The summed E-state index contributed by atoms with van der Waals surface area (Å²) < 4.78 is 0. The van der Waals surface area contributed by atoms with Crippen LogP contribution in [0.5, 0.6) is 0 Å². The molecule has 1 aromatic carbocycles. The van der Waals surface area contributed by atoms with Crippen LogP contribution in [0.25, 0.3) is 0 Å². The second kappa shape index (κ2) is 5.68. The van der Waals surface area contributed by atoms with Crippen LogP contribution < -0.4 is 0 Å². The van der Waals surface area contributed by atoms with E-state index in [1.165, 1.54) is 17.5 Å². The zero-order valence-corrected chi connectivity index (χ0v) is 12.2. The fourth-order valence-electron chi connectivity index (χ4n) is 2.57. The third kappa shape index (κ3) is 4.16. The van der Waals surface area contributed by atoms with Gasteiger partial charge in [-0.25, -0.2) is 0 Å². The Labute approximate surface area is 107 Å². The average molecular weight is 233 g/mol. The molecule has 1 nitrogen and oxygen atoms in total. The summed E-state index contributed by atoms with van der Waals surface area (Å²) in [5.41, 5.74) is 3.21.